The summed E-state index contributed by atoms with van der Waals surface area (Å²) in [5.41, 5.74) is 0.890. The first-order valence-corrected chi connectivity index (χ1v) is 8.16. The highest BCUT2D eigenvalue weighted by molar-refractivity contribution is 5.77. The van der Waals surface area contributed by atoms with E-state index in [4.69, 9.17) is 4.98 Å². The molecular weight excluding hydrogens is 276 g/mol. The van der Waals surface area contributed by atoms with E-state index < -0.39 is 0 Å². The number of hydrogen-bond donors (Lipinski definition) is 1. The third-order valence-corrected chi connectivity index (χ3v) is 4.41. The molecule has 1 aliphatic rings. The smallest absolute Gasteiger partial charge is 0.261 e. The van der Waals surface area contributed by atoms with Gasteiger partial charge in [0.2, 0.25) is 0 Å². The molecule has 1 aromatic heterocycles. The van der Waals surface area contributed by atoms with E-state index in [0.29, 0.717) is 5.39 Å². The highest BCUT2D eigenvalue weighted by atomic mass is 16.1. The van der Waals surface area contributed by atoms with E-state index in [-0.39, 0.29) is 11.6 Å². The third kappa shape index (κ3) is 2.78. The number of nitrogens with zero attached hydrogens (tertiary/aromatic N) is 3. The van der Waals surface area contributed by atoms with Gasteiger partial charge in [0.1, 0.15) is 5.82 Å². The first-order chi connectivity index (χ1) is 10.7. The van der Waals surface area contributed by atoms with Crippen LogP contribution in [-0.4, -0.2) is 40.6 Å². The average molecular weight is 300 g/mol. The minimum Gasteiger partial charge on any atom is -0.314 e. The van der Waals surface area contributed by atoms with Gasteiger partial charge in [-0.05, 0) is 25.5 Å². The number of benzene rings is 1. The van der Waals surface area contributed by atoms with Crippen molar-refractivity contribution in [1.29, 1.82) is 0 Å². The van der Waals surface area contributed by atoms with Crippen LogP contribution in [0.25, 0.3) is 10.9 Å². The first-order valence-electron chi connectivity index (χ1n) is 8.16. The standard InChI is InChI=1S/C17H24N4O/c1-3-10-21-16(13(2)20-11-8-18-9-12-20)19-15-7-5-4-6-14(15)17(21)22/h4-7,13,18H,3,8-12H2,1-2H3/t13-/m1/s1. The maximum absolute atomic E-state index is 12.8. The maximum Gasteiger partial charge on any atom is 0.261 e. The predicted octanol–water partition coefficient (Wildman–Crippen LogP) is 1.77. The Hall–Kier alpha value is -1.72. The molecule has 0 unspecified atom stereocenters. The molecule has 1 aliphatic heterocycles. The molecule has 5 heteroatoms. The van der Waals surface area contributed by atoms with E-state index in [1.807, 2.05) is 28.8 Å². The maximum atomic E-state index is 12.8. The lowest BCUT2D eigenvalue weighted by atomic mass is 10.2. The summed E-state index contributed by atoms with van der Waals surface area (Å²) < 4.78 is 1.87. The lowest BCUT2D eigenvalue weighted by Gasteiger charge is -2.33. The zero-order chi connectivity index (χ0) is 15.5. The van der Waals surface area contributed by atoms with E-state index in [1.54, 1.807) is 0 Å². The van der Waals surface area contributed by atoms with Gasteiger partial charge >= 0.3 is 0 Å². The molecule has 1 N–H and O–H groups in total. The van der Waals surface area contributed by atoms with E-state index in [2.05, 4.69) is 24.1 Å². The molecule has 1 atom stereocenters. The molecule has 0 amide bonds. The third-order valence-electron chi connectivity index (χ3n) is 4.41. The second kappa shape index (κ2) is 6.58. The Morgan fingerprint density at radius 3 is 2.73 bits per heavy atom. The zero-order valence-electron chi connectivity index (χ0n) is 13.4. The van der Waals surface area contributed by atoms with Crippen LogP contribution in [0.4, 0.5) is 0 Å². The van der Waals surface area contributed by atoms with Crippen LogP contribution in [0.5, 0.6) is 0 Å². The van der Waals surface area contributed by atoms with Crippen molar-refractivity contribution in [1.82, 2.24) is 19.8 Å². The van der Waals surface area contributed by atoms with Crippen LogP contribution in [-0.2, 0) is 6.54 Å². The normalized spacial score (nSPS) is 17.7. The van der Waals surface area contributed by atoms with E-state index in [9.17, 15) is 4.79 Å². The summed E-state index contributed by atoms with van der Waals surface area (Å²) >= 11 is 0. The van der Waals surface area contributed by atoms with Gasteiger partial charge in [-0.2, -0.15) is 0 Å². The Labute approximate surface area is 131 Å². The molecule has 2 heterocycles. The Bertz CT molecular complexity index is 703. The summed E-state index contributed by atoms with van der Waals surface area (Å²) in [7, 11) is 0. The van der Waals surface area contributed by atoms with Crippen molar-refractivity contribution in [3.05, 3.63) is 40.4 Å². The molecule has 22 heavy (non-hydrogen) atoms. The van der Waals surface area contributed by atoms with Crippen molar-refractivity contribution >= 4 is 10.9 Å². The molecule has 1 saturated heterocycles. The predicted molar refractivity (Wildman–Crippen MR) is 89.2 cm³/mol. The lowest BCUT2D eigenvalue weighted by Crippen LogP contribution is -2.45. The minimum absolute atomic E-state index is 0.0874. The largest absolute Gasteiger partial charge is 0.314 e. The fraction of sp³-hybridized carbons (Fsp3) is 0.529. The van der Waals surface area contributed by atoms with Crippen LogP contribution >= 0.6 is 0 Å². The molecule has 5 nitrogen and oxygen atoms in total. The van der Waals surface area contributed by atoms with Crippen molar-refractivity contribution in [3.8, 4) is 0 Å². The summed E-state index contributed by atoms with van der Waals surface area (Å²) in [5, 5.41) is 4.09. The zero-order valence-corrected chi connectivity index (χ0v) is 13.4. The van der Waals surface area contributed by atoms with Crippen molar-refractivity contribution in [3.63, 3.8) is 0 Å². The van der Waals surface area contributed by atoms with Crippen LogP contribution in [0.3, 0.4) is 0 Å². The van der Waals surface area contributed by atoms with Gasteiger partial charge < -0.3 is 5.32 Å². The summed E-state index contributed by atoms with van der Waals surface area (Å²) in [6, 6.07) is 7.81. The SMILES string of the molecule is CCCn1c([C@@H](C)N2CCNCC2)nc2ccccc2c1=O. The number of hydrogen-bond acceptors (Lipinski definition) is 4. The van der Waals surface area contributed by atoms with E-state index >= 15 is 0 Å². The average Bonchev–Trinajstić information content (AvgIpc) is 2.57. The highest BCUT2D eigenvalue weighted by Gasteiger charge is 2.23. The Balaban J connectivity index is 2.09. The second-order valence-corrected chi connectivity index (χ2v) is 5.91. The van der Waals surface area contributed by atoms with Gasteiger partial charge in [-0.25, -0.2) is 4.98 Å². The summed E-state index contributed by atoms with van der Waals surface area (Å²) in [6.45, 7) is 8.97. The van der Waals surface area contributed by atoms with Crippen LogP contribution in [0.2, 0.25) is 0 Å². The molecule has 0 bridgehead atoms. The Kier molecular flexibility index (Phi) is 4.55. The topological polar surface area (TPSA) is 50.2 Å². The fourth-order valence-electron chi connectivity index (χ4n) is 3.18. The molecule has 0 radical (unpaired) electrons. The number of rotatable bonds is 4. The van der Waals surface area contributed by atoms with Gasteiger partial charge in [0.25, 0.3) is 5.56 Å². The number of nitrogens with one attached hydrogen (secondary N) is 1. The van der Waals surface area contributed by atoms with Gasteiger partial charge in [0.05, 0.1) is 16.9 Å². The van der Waals surface area contributed by atoms with Crippen LogP contribution in [0, 0.1) is 0 Å². The van der Waals surface area contributed by atoms with Gasteiger partial charge in [-0.3, -0.25) is 14.3 Å². The Morgan fingerprint density at radius 2 is 2.00 bits per heavy atom. The summed E-state index contributed by atoms with van der Waals surface area (Å²) in [6.07, 6.45) is 0.932. The molecule has 0 saturated carbocycles. The fourth-order valence-corrected chi connectivity index (χ4v) is 3.18. The molecule has 118 valence electrons. The lowest BCUT2D eigenvalue weighted by molar-refractivity contribution is 0.174. The number of fused-ring (bicyclic) bond motifs is 1. The number of piperazine rings is 1. The van der Waals surface area contributed by atoms with Crippen LogP contribution < -0.4 is 10.9 Å². The second-order valence-electron chi connectivity index (χ2n) is 5.91. The molecule has 0 spiro atoms. The van der Waals surface area contributed by atoms with Gasteiger partial charge in [0.15, 0.2) is 0 Å². The summed E-state index contributed by atoms with van der Waals surface area (Å²) in [4.78, 5) is 20.1. The van der Waals surface area contributed by atoms with Gasteiger partial charge in [-0.15, -0.1) is 0 Å². The van der Waals surface area contributed by atoms with Crippen molar-refractivity contribution < 1.29 is 0 Å². The molecule has 0 aliphatic carbocycles. The Morgan fingerprint density at radius 1 is 1.27 bits per heavy atom. The molecule has 1 fully saturated rings. The highest BCUT2D eigenvalue weighted by Crippen LogP contribution is 2.20. The quantitative estimate of drug-likeness (QED) is 0.935. The summed E-state index contributed by atoms with van der Waals surface area (Å²) in [5.74, 6) is 0.896. The van der Waals surface area contributed by atoms with Crippen LogP contribution in [0.15, 0.2) is 29.1 Å². The van der Waals surface area contributed by atoms with Crippen molar-refractivity contribution in [2.75, 3.05) is 26.2 Å². The van der Waals surface area contributed by atoms with Gasteiger partial charge in [-0.1, -0.05) is 19.1 Å². The van der Waals surface area contributed by atoms with E-state index in [0.717, 1.165) is 50.5 Å². The molecular formula is C17H24N4O. The molecule has 1 aromatic carbocycles. The number of para-hydroxylation sites is 1. The van der Waals surface area contributed by atoms with Crippen LogP contribution in [0.1, 0.15) is 32.1 Å². The van der Waals surface area contributed by atoms with E-state index in [1.165, 1.54) is 0 Å². The number of aromatic nitrogens is 2. The molecule has 2 aromatic rings. The van der Waals surface area contributed by atoms with Crippen molar-refractivity contribution in [2.45, 2.75) is 32.9 Å². The minimum atomic E-state index is 0.0874. The van der Waals surface area contributed by atoms with Gasteiger partial charge in [0, 0.05) is 32.7 Å². The first kappa shape index (κ1) is 15.2. The van der Waals surface area contributed by atoms with Crippen molar-refractivity contribution in [2.24, 2.45) is 0 Å². The monoisotopic (exact) mass is 300 g/mol. The molecule has 3 rings (SSSR count).